The molecule has 0 bridgehead atoms. The van der Waals surface area contributed by atoms with E-state index in [-0.39, 0.29) is 5.03 Å². The smallest absolute Gasteiger partial charge is 0.257 e. The summed E-state index contributed by atoms with van der Waals surface area (Å²) in [4.78, 5) is 0. The Bertz CT molecular complexity index is 690. The third kappa shape index (κ3) is 3.17. The number of sulfonamides is 1. The van der Waals surface area contributed by atoms with E-state index in [9.17, 15) is 8.42 Å². The van der Waals surface area contributed by atoms with E-state index < -0.39 is 10.0 Å². The van der Waals surface area contributed by atoms with Crippen LogP contribution in [0.25, 0.3) is 0 Å². The lowest BCUT2D eigenvalue weighted by Crippen LogP contribution is -2.15. The van der Waals surface area contributed by atoms with E-state index in [1.807, 2.05) is 31.2 Å². The number of aryl methyl sites for hydroxylation is 1. The van der Waals surface area contributed by atoms with Gasteiger partial charge in [-0.3, -0.25) is 4.68 Å². The number of methoxy groups -OCH3 is 1. The highest BCUT2D eigenvalue weighted by Crippen LogP contribution is 2.19. The zero-order valence-electron chi connectivity index (χ0n) is 11.4. The van der Waals surface area contributed by atoms with Gasteiger partial charge in [0.2, 0.25) is 0 Å². The van der Waals surface area contributed by atoms with Crippen LogP contribution in [-0.2, 0) is 23.0 Å². The Morgan fingerprint density at radius 3 is 2.45 bits per heavy atom. The highest BCUT2D eigenvalue weighted by Gasteiger charge is 2.19. The maximum absolute atomic E-state index is 11.6. The van der Waals surface area contributed by atoms with Gasteiger partial charge in [0.15, 0.2) is 5.03 Å². The molecule has 0 aliphatic heterocycles. The Hall–Kier alpha value is -1.86. The highest BCUT2D eigenvalue weighted by molar-refractivity contribution is 7.89. The molecular formula is C13H17N3O3S. The summed E-state index contributed by atoms with van der Waals surface area (Å²) in [6, 6.07) is 7.43. The molecule has 2 N–H and O–H groups in total. The lowest BCUT2D eigenvalue weighted by Gasteiger charge is -2.03. The van der Waals surface area contributed by atoms with Crippen molar-refractivity contribution in [1.82, 2.24) is 9.78 Å². The number of rotatable bonds is 5. The first-order valence-corrected chi connectivity index (χ1v) is 7.70. The number of aromatic nitrogens is 2. The molecule has 7 heteroatoms. The number of ether oxygens (including phenoxy) is 1. The highest BCUT2D eigenvalue weighted by atomic mass is 32.2. The molecule has 0 saturated heterocycles. The molecule has 0 aliphatic carbocycles. The first kappa shape index (κ1) is 14.5. The summed E-state index contributed by atoms with van der Waals surface area (Å²) >= 11 is 0. The van der Waals surface area contributed by atoms with Gasteiger partial charge >= 0.3 is 0 Å². The van der Waals surface area contributed by atoms with E-state index in [1.165, 1.54) is 0 Å². The second-order valence-corrected chi connectivity index (χ2v) is 5.86. The predicted molar refractivity (Wildman–Crippen MR) is 75.1 cm³/mol. The van der Waals surface area contributed by atoms with Crippen molar-refractivity contribution < 1.29 is 13.2 Å². The minimum absolute atomic E-state index is 0.0600. The molecule has 20 heavy (non-hydrogen) atoms. The third-order valence-corrected chi connectivity index (χ3v) is 3.83. The number of hydrogen-bond donors (Lipinski definition) is 1. The second-order valence-electron chi connectivity index (χ2n) is 4.39. The number of nitrogens with zero attached hydrogens (tertiary/aromatic N) is 2. The third-order valence-electron chi connectivity index (χ3n) is 2.95. The fourth-order valence-electron chi connectivity index (χ4n) is 1.93. The van der Waals surface area contributed by atoms with Gasteiger partial charge in [-0.2, -0.15) is 5.10 Å². The van der Waals surface area contributed by atoms with Gasteiger partial charge in [-0.05, 0) is 24.6 Å². The van der Waals surface area contributed by atoms with Crippen molar-refractivity contribution in [3.63, 3.8) is 0 Å². The van der Waals surface area contributed by atoms with E-state index in [2.05, 4.69) is 5.10 Å². The summed E-state index contributed by atoms with van der Waals surface area (Å²) in [6.07, 6.45) is 2.17. The van der Waals surface area contributed by atoms with Crippen LogP contribution in [0.3, 0.4) is 0 Å². The van der Waals surface area contributed by atoms with Crippen LogP contribution < -0.4 is 9.88 Å². The number of hydrogen-bond acceptors (Lipinski definition) is 4. The molecule has 0 radical (unpaired) electrons. The summed E-state index contributed by atoms with van der Waals surface area (Å²) in [7, 11) is -2.22. The lowest BCUT2D eigenvalue weighted by molar-refractivity contribution is 0.414. The molecule has 0 spiro atoms. The molecule has 2 rings (SSSR count). The van der Waals surface area contributed by atoms with Crippen LogP contribution in [0, 0.1) is 0 Å². The number of primary sulfonamides is 1. The molecule has 0 fully saturated rings. The molecule has 2 aromatic rings. The van der Waals surface area contributed by atoms with Crippen molar-refractivity contribution in [3.05, 3.63) is 41.6 Å². The SMILES string of the molecule is CCn1cc(Cc2ccc(OC)cc2)c(S(N)(=O)=O)n1. The average Bonchev–Trinajstić information content (AvgIpc) is 2.83. The quantitative estimate of drug-likeness (QED) is 0.896. The maximum atomic E-state index is 11.6. The minimum atomic E-state index is -3.81. The van der Waals surface area contributed by atoms with Gasteiger partial charge in [0.05, 0.1) is 7.11 Å². The van der Waals surface area contributed by atoms with Crippen molar-refractivity contribution in [1.29, 1.82) is 0 Å². The number of nitrogens with two attached hydrogens (primary N) is 1. The van der Waals surface area contributed by atoms with Gasteiger partial charge < -0.3 is 4.74 Å². The van der Waals surface area contributed by atoms with Crippen LogP contribution in [0.2, 0.25) is 0 Å². The molecule has 6 nitrogen and oxygen atoms in total. The summed E-state index contributed by atoms with van der Waals surface area (Å²) in [5.41, 5.74) is 1.56. The Morgan fingerprint density at radius 1 is 1.30 bits per heavy atom. The molecule has 0 unspecified atom stereocenters. The van der Waals surface area contributed by atoms with Crippen LogP contribution in [-0.4, -0.2) is 25.3 Å². The fraction of sp³-hybridized carbons (Fsp3) is 0.308. The molecule has 0 amide bonds. The Morgan fingerprint density at radius 2 is 1.95 bits per heavy atom. The van der Waals surface area contributed by atoms with E-state index >= 15 is 0 Å². The molecule has 0 saturated carbocycles. The minimum Gasteiger partial charge on any atom is -0.497 e. The van der Waals surface area contributed by atoms with E-state index in [0.29, 0.717) is 18.5 Å². The monoisotopic (exact) mass is 295 g/mol. The van der Waals surface area contributed by atoms with Gasteiger partial charge in [0.25, 0.3) is 10.0 Å². The van der Waals surface area contributed by atoms with Crippen LogP contribution in [0.4, 0.5) is 0 Å². The Balaban J connectivity index is 2.34. The molecule has 1 aromatic heterocycles. The Labute approximate surface area is 118 Å². The van der Waals surface area contributed by atoms with Gasteiger partial charge in [-0.25, -0.2) is 13.6 Å². The zero-order chi connectivity index (χ0) is 14.8. The molecular weight excluding hydrogens is 278 g/mol. The average molecular weight is 295 g/mol. The molecule has 0 atom stereocenters. The summed E-state index contributed by atoms with van der Waals surface area (Å²) in [5.74, 6) is 0.754. The molecule has 1 aromatic carbocycles. The van der Waals surface area contributed by atoms with Gasteiger partial charge in [0, 0.05) is 24.7 Å². The first-order valence-electron chi connectivity index (χ1n) is 6.16. The molecule has 0 aliphatic rings. The lowest BCUT2D eigenvalue weighted by atomic mass is 10.1. The fourth-order valence-corrected chi connectivity index (χ4v) is 2.64. The predicted octanol–water partition coefficient (Wildman–Crippen LogP) is 1.15. The molecule has 108 valence electrons. The van der Waals surface area contributed by atoms with E-state index in [0.717, 1.165) is 11.3 Å². The maximum Gasteiger partial charge on any atom is 0.257 e. The zero-order valence-corrected chi connectivity index (χ0v) is 12.2. The van der Waals surface area contributed by atoms with Crippen molar-refractivity contribution >= 4 is 10.0 Å². The normalized spacial score (nSPS) is 11.6. The van der Waals surface area contributed by atoms with E-state index in [4.69, 9.17) is 9.88 Å². The summed E-state index contributed by atoms with van der Waals surface area (Å²) in [6.45, 7) is 2.47. The second kappa shape index (κ2) is 5.64. The standard InChI is InChI=1S/C13H17N3O3S/c1-3-16-9-11(13(15-16)20(14,17)18)8-10-4-6-12(19-2)7-5-10/h4-7,9H,3,8H2,1-2H3,(H2,14,17,18). The van der Waals surface area contributed by atoms with Crippen LogP contribution in [0.1, 0.15) is 18.1 Å². The van der Waals surface area contributed by atoms with Gasteiger partial charge in [0.1, 0.15) is 5.75 Å². The van der Waals surface area contributed by atoms with Crippen LogP contribution in [0.15, 0.2) is 35.5 Å². The summed E-state index contributed by atoms with van der Waals surface area (Å²) in [5, 5.41) is 9.15. The van der Waals surface area contributed by atoms with Crippen LogP contribution >= 0.6 is 0 Å². The van der Waals surface area contributed by atoms with Gasteiger partial charge in [-0.1, -0.05) is 12.1 Å². The van der Waals surface area contributed by atoms with Crippen molar-refractivity contribution in [2.45, 2.75) is 24.9 Å². The molecule has 1 heterocycles. The van der Waals surface area contributed by atoms with Crippen molar-refractivity contribution in [3.8, 4) is 5.75 Å². The first-order chi connectivity index (χ1) is 9.44. The topological polar surface area (TPSA) is 87.2 Å². The van der Waals surface area contributed by atoms with Crippen molar-refractivity contribution in [2.24, 2.45) is 5.14 Å². The summed E-state index contributed by atoms with van der Waals surface area (Å²) < 4.78 is 29.8. The number of benzene rings is 1. The van der Waals surface area contributed by atoms with E-state index in [1.54, 1.807) is 18.0 Å². The Kier molecular flexibility index (Phi) is 4.10. The van der Waals surface area contributed by atoms with Gasteiger partial charge in [-0.15, -0.1) is 0 Å². The largest absolute Gasteiger partial charge is 0.497 e. The van der Waals surface area contributed by atoms with Crippen molar-refractivity contribution in [2.75, 3.05) is 7.11 Å². The van der Waals surface area contributed by atoms with Crippen LogP contribution in [0.5, 0.6) is 5.75 Å².